The molecule has 2 N–H and O–H groups in total. The van der Waals surface area contributed by atoms with Crippen molar-refractivity contribution in [1.29, 1.82) is 0 Å². The van der Waals surface area contributed by atoms with Gasteiger partial charge in [0.05, 0.1) is 11.1 Å². The van der Waals surface area contributed by atoms with Crippen LogP contribution in [0.4, 0.5) is 0 Å². The van der Waals surface area contributed by atoms with Crippen molar-refractivity contribution >= 4 is 42.0 Å². The molecular formula is C27H24O2Tl+2. The molecule has 0 aliphatic heterocycles. The first-order chi connectivity index (χ1) is 14.7. The third-order valence-electron chi connectivity index (χ3n) is 4.48. The van der Waals surface area contributed by atoms with Gasteiger partial charge in [-0.05, 0) is 24.3 Å². The summed E-state index contributed by atoms with van der Waals surface area (Å²) in [6.07, 6.45) is 0.147. The second kappa shape index (κ2) is 12.0. The Morgan fingerprint density at radius 1 is 0.467 bits per heavy atom. The topological polar surface area (TPSA) is 42.8 Å². The molecule has 0 aromatic heterocycles. The van der Waals surface area contributed by atoms with Gasteiger partial charge in [0, 0.05) is 0 Å². The van der Waals surface area contributed by atoms with Crippen LogP contribution in [-0.4, -0.2) is 45.4 Å². The molecule has 0 unspecified atom stereocenters. The number of benzene rings is 4. The van der Waals surface area contributed by atoms with Crippen LogP contribution in [0.15, 0.2) is 121 Å². The molecule has 4 rings (SSSR count). The van der Waals surface area contributed by atoms with Crippen LogP contribution in [-0.2, 0) is 0 Å². The Hall–Kier alpha value is -2.86. The van der Waals surface area contributed by atoms with Crippen molar-refractivity contribution in [2.45, 2.75) is 6.42 Å². The summed E-state index contributed by atoms with van der Waals surface area (Å²) in [5.41, 5.74) is 1.46. The summed E-state index contributed by atoms with van der Waals surface area (Å²) in [5.74, 6) is 0.346. The fourth-order valence-electron chi connectivity index (χ4n) is 2.91. The quantitative estimate of drug-likeness (QED) is 0.143. The molecule has 145 valence electrons. The number of ketones is 2. The van der Waals surface area contributed by atoms with E-state index in [9.17, 15) is 9.59 Å². The van der Waals surface area contributed by atoms with Crippen molar-refractivity contribution in [3.63, 3.8) is 0 Å². The van der Waals surface area contributed by atoms with E-state index >= 15 is 0 Å². The fraction of sp³-hybridized carbons (Fsp3) is 0.0370. The maximum absolute atomic E-state index is 9.89. The zero-order valence-corrected chi connectivity index (χ0v) is 21.2. The molecule has 0 spiro atoms. The SMILES string of the molecule is [OH+]=C(CC(=[OH+])c1ccccc1)c1ccccc1.c1cc[c]([Tl][c]2ccccc2)cc1. The molecule has 0 aliphatic carbocycles. The summed E-state index contributed by atoms with van der Waals surface area (Å²) >= 11 is -0.866. The summed E-state index contributed by atoms with van der Waals surface area (Å²) < 4.78 is 3.16. The molecule has 0 saturated heterocycles. The number of hydrogen-bond acceptors (Lipinski definition) is 0. The molecule has 0 amide bonds. The Morgan fingerprint density at radius 3 is 1.10 bits per heavy atom. The molecular weight excluding hydrogens is 561 g/mol. The second-order valence-electron chi connectivity index (χ2n) is 6.77. The van der Waals surface area contributed by atoms with Gasteiger partial charge in [-0.15, -0.1) is 0 Å². The van der Waals surface area contributed by atoms with E-state index in [2.05, 4.69) is 60.7 Å². The molecule has 4 aromatic carbocycles. The monoisotopic (exact) mass is 585 g/mol. The van der Waals surface area contributed by atoms with E-state index in [0.717, 1.165) is 11.1 Å². The maximum atomic E-state index is 9.89. The number of rotatable bonds is 6. The molecule has 2 nitrogen and oxygen atoms in total. The van der Waals surface area contributed by atoms with Gasteiger partial charge in [0.2, 0.25) is 0 Å². The normalized spacial score (nSPS) is 9.60. The summed E-state index contributed by atoms with van der Waals surface area (Å²) in [6, 6.07) is 40.1. The van der Waals surface area contributed by atoms with Crippen LogP contribution in [0.1, 0.15) is 17.5 Å². The van der Waals surface area contributed by atoms with Crippen LogP contribution >= 0.6 is 0 Å². The zero-order chi connectivity index (χ0) is 21.0. The molecule has 4 aromatic rings. The Balaban J connectivity index is 0.000000177. The molecule has 3 heteroatoms. The number of carbonyl (C=O) groups excluding carboxylic acids is 2. The summed E-state index contributed by atoms with van der Waals surface area (Å²) in [4.78, 5) is 19.8. The number of hydrogen-bond donors (Lipinski definition) is 0. The first kappa shape index (κ1) is 21.8. The minimum absolute atomic E-state index is 0.147. The van der Waals surface area contributed by atoms with Gasteiger partial charge in [0.1, 0.15) is 0 Å². The van der Waals surface area contributed by atoms with Gasteiger partial charge < -0.3 is 0 Å². The van der Waals surface area contributed by atoms with E-state index in [1.54, 1.807) is 6.25 Å². The third-order valence-corrected chi connectivity index (χ3v) is 10.1. The molecule has 30 heavy (non-hydrogen) atoms. The average molecular weight is 585 g/mol. The van der Waals surface area contributed by atoms with Gasteiger partial charge in [-0.3, -0.25) is 9.59 Å². The molecule has 0 bridgehead atoms. The predicted molar refractivity (Wildman–Crippen MR) is 127 cm³/mol. The Kier molecular flexibility index (Phi) is 8.72. The van der Waals surface area contributed by atoms with E-state index in [1.165, 1.54) is 0 Å². The van der Waals surface area contributed by atoms with Crippen LogP contribution in [0.3, 0.4) is 0 Å². The van der Waals surface area contributed by atoms with Crippen molar-refractivity contribution in [2.24, 2.45) is 0 Å². The van der Waals surface area contributed by atoms with Crippen LogP contribution in [0.5, 0.6) is 0 Å². The van der Waals surface area contributed by atoms with Crippen LogP contribution in [0, 0.1) is 0 Å². The Labute approximate surface area is 189 Å². The zero-order valence-electron chi connectivity index (χ0n) is 16.7. The van der Waals surface area contributed by atoms with Gasteiger partial charge in [0.15, 0.2) is 6.42 Å². The van der Waals surface area contributed by atoms with Crippen LogP contribution in [0.2, 0.25) is 0 Å². The minimum atomic E-state index is -0.866. The van der Waals surface area contributed by atoms with E-state index in [1.807, 2.05) is 60.7 Å². The standard InChI is InChI=1S/C15H12O2.2C6H5.Tl/c16-14(12-7-3-1-4-8-12)11-15(17)13-9-5-2-6-10-13;2*1-2-4-6-5-3-1;/h1-10H,11H2;2*1-5H;/p+2. The van der Waals surface area contributed by atoms with Crippen LogP contribution in [0.25, 0.3) is 0 Å². The van der Waals surface area contributed by atoms with E-state index < -0.39 is 24.2 Å². The third kappa shape index (κ3) is 7.19. The van der Waals surface area contributed by atoms with Gasteiger partial charge >= 0.3 is 103 Å². The van der Waals surface area contributed by atoms with Gasteiger partial charge in [0.25, 0.3) is 0 Å². The van der Waals surface area contributed by atoms with Crippen molar-refractivity contribution < 1.29 is 9.59 Å². The van der Waals surface area contributed by atoms with E-state index in [-0.39, 0.29) is 18.0 Å². The van der Waals surface area contributed by atoms with Crippen molar-refractivity contribution in [3.05, 3.63) is 132 Å². The first-order valence-corrected chi connectivity index (χ1v) is 14.4. The molecule has 0 saturated carbocycles. The average Bonchev–Trinajstić information content (AvgIpc) is 2.82. The van der Waals surface area contributed by atoms with Crippen molar-refractivity contribution in [2.75, 3.05) is 0 Å². The predicted octanol–water partition coefficient (Wildman–Crippen LogP) is 3.90. The molecule has 0 radical (unpaired) electrons. The summed E-state index contributed by atoms with van der Waals surface area (Å²) in [5, 5.41) is 0. The second-order valence-corrected chi connectivity index (χ2v) is 13.1. The molecule has 0 fully saturated rings. The van der Waals surface area contributed by atoms with Gasteiger partial charge in [-0.25, -0.2) is 0 Å². The molecule has 0 heterocycles. The van der Waals surface area contributed by atoms with E-state index in [0.29, 0.717) is 0 Å². The van der Waals surface area contributed by atoms with E-state index in [4.69, 9.17) is 0 Å². The summed E-state index contributed by atoms with van der Waals surface area (Å²) in [7, 11) is 0. The molecule has 0 aliphatic rings. The Morgan fingerprint density at radius 2 is 0.767 bits per heavy atom. The van der Waals surface area contributed by atoms with Gasteiger partial charge in [-0.2, -0.15) is 0 Å². The molecule has 0 atom stereocenters. The Bertz CT molecular complexity index is 960. The first-order valence-electron chi connectivity index (χ1n) is 9.87. The van der Waals surface area contributed by atoms with Crippen molar-refractivity contribution in [3.8, 4) is 0 Å². The van der Waals surface area contributed by atoms with Gasteiger partial charge in [-0.1, -0.05) is 36.4 Å². The summed E-state index contributed by atoms with van der Waals surface area (Å²) in [6.45, 7) is 0. The van der Waals surface area contributed by atoms with Crippen molar-refractivity contribution in [1.82, 2.24) is 0 Å². The van der Waals surface area contributed by atoms with Crippen LogP contribution < -0.4 is 6.25 Å². The fourth-order valence-corrected chi connectivity index (χ4v) is 7.64.